The van der Waals surface area contributed by atoms with E-state index < -0.39 is 0 Å². The van der Waals surface area contributed by atoms with Crippen LogP contribution in [0.15, 0.2) is 60.9 Å². The van der Waals surface area contributed by atoms with E-state index >= 15 is 0 Å². The molecule has 0 saturated heterocycles. The molecule has 2 amide bonds. The first-order valence-electron chi connectivity index (χ1n) is 7.73. The van der Waals surface area contributed by atoms with Gasteiger partial charge in [0.15, 0.2) is 0 Å². The molecule has 26 heavy (non-hydrogen) atoms. The van der Waals surface area contributed by atoms with E-state index in [1.54, 1.807) is 30.3 Å². The van der Waals surface area contributed by atoms with Crippen LogP contribution in [0.3, 0.4) is 0 Å². The molecule has 0 unspecified atom stereocenters. The molecule has 3 rings (SSSR count). The Balaban J connectivity index is 1.73. The largest absolute Gasteiger partial charge is 0.382 e. The highest BCUT2D eigenvalue weighted by molar-refractivity contribution is 5.99. The number of hydrogen-bond acceptors (Lipinski definition) is 5. The molecular formula is C19H16N6O. The smallest absolute Gasteiger partial charge is 0.323 e. The lowest BCUT2D eigenvalue weighted by Crippen LogP contribution is -2.19. The predicted molar refractivity (Wildman–Crippen MR) is 102 cm³/mol. The monoisotopic (exact) mass is 344 g/mol. The van der Waals surface area contributed by atoms with Crippen LogP contribution in [0, 0.1) is 11.8 Å². The summed E-state index contributed by atoms with van der Waals surface area (Å²) in [4.78, 5) is 19.8. The third kappa shape index (κ3) is 4.27. The van der Waals surface area contributed by atoms with Crippen molar-refractivity contribution < 1.29 is 4.79 Å². The number of para-hydroxylation sites is 1. The number of benzene rings is 2. The van der Waals surface area contributed by atoms with Gasteiger partial charge in [-0.05, 0) is 30.3 Å². The zero-order valence-electron chi connectivity index (χ0n) is 13.7. The first-order chi connectivity index (χ1) is 12.6. The second-order valence-corrected chi connectivity index (χ2v) is 5.30. The van der Waals surface area contributed by atoms with Crippen LogP contribution in [0.2, 0.25) is 0 Å². The number of urea groups is 1. The van der Waals surface area contributed by atoms with Gasteiger partial charge in [-0.2, -0.15) is 0 Å². The average molecular weight is 344 g/mol. The summed E-state index contributed by atoms with van der Waals surface area (Å²) >= 11 is 0. The van der Waals surface area contributed by atoms with Gasteiger partial charge in [0, 0.05) is 16.9 Å². The lowest BCUT2D eigenvalue weighted by molar-refractivity contribution is 0.262. The molecule has 0 radical (unpaired) electrons. The molecule has 0 atom stereocenters. The van der Waals surface area contributed by atoms with Crippen LogP contribution in [-0.2, 0) is 0 Å². The van der Waals surface area contributed by atoms with Crippen molar-refractivity contribution in [2.24, 2.45) is 0 Å². The Hall–Kier alpha value is -4.05. The topological polar surface area (TPSA) is 119 Å². The van der Waals surface area contributed by atoms with Gasteiger partial charge >= 0.3 is 6.03 Å². The summed E-state index contributed by atoms with van der Waals surface area (Å²) in [6.45, 7) is 0. The number of aromatic nitrogens is 2. The molecule has 1 aromatic heterocycles. The molecule has 128 valence electrons. The van der Waals surface area contributed by atoms with E-state index in [0.29, 0.717) is 22.5 Å². The fraction of sp³-hybridized carbons (Fsp3) is 0. The standard InChI is InChI=1S/C19H16N6O/c20-17-16(18(21)23-12-22-17)10-9-13-5-4-8-15(11-13)25-19(26)24-14-6-2-1-3-7-14/h1-8,11-12H,(H2,24,25,26)(H4,20,21,22,23). The van der Waals surface area contributed by atoms with Crippen LogP contribution in [0.4, 0.5) is 27.8 Å². The summed E-state index contributed by atoms with van der Waals surface area (Å²) in [5.41, 5.74) is 13.9. The van der Waals surface area contributed by atoms with Crippen LogP contribution in [-0.4, -0.2) is 16.0 Å². The molecule has 0 fully saturated rings. The lowest BCUT2D eigenvalue weighted by atomic mass is 10.2. The fourth-order valence-corrected chi connectivity index (χ4v) is 2.17. The van der Waals surface area contributed by atoms with Gasteiger partial charge in [-0.25, -0.2) is 14.8 Å². The van der Waals surface area contributed by atoms with E-state index in [0.717, 1.165) is 0 Å². The average Bonchev–Trinajstić information content (AvgIpc) is 2.62. The molecule has 0 aliphatic heterocycles. The lowest BCUT2D eigenvalue weighted by Gasteiger charge is -2.07. The van der Waals surface area contributed by atoms with Crippen molar-refractivity contribution in [1.82, 2.24) is 9.97 Å². The molecule has 0 aliphatic rings. The Kier molecular flexibility index (Phi) is 4.96. The molecular weight excluding hydrogens is 328 g/mol. The molecule has 0 bridgehead atoms. The van der Waals surface area contributed by atoms with E-state index in [4.69, 9.17) is 11.5 Å². The quantitative estimate of drug-likeness (QED) is 0.533. The first-order valence-corrected chi connectivity index (χ1v) is 7.73. The molecule has 7 heteroatoms. The van der Waals surface area contributed by atoms with Crippen molar-refractivity contribution in [1.29, 1.82) is 0 Å². The number of amides is 2. The van der Waals surface area contributed by atoms with E-state index in [1.807, 2.05) is 24.3 Å². The Labute approximate surface area is 150 Å². The SMILES string of the molecule is Nc1ncnc(N)c1C#Cc1cccc(NC(=O)Nc2ccccc2)c1. The van der Waals surface area contributed by atoms with Gasteiger partial charge in [-0.15, -0.1) is 0 Å². The van der Waals surface area contributed by atoms with Gasteiger partial charge in [0.1, 0.15) is 23.5 Å². The van der Waals surface area contributed by atoms with Crippen LogP contribution >= 0.6 is 0 Å². The van der Waals surface area contributed by atoms with E-state index in [2.05, 4.69) is 32.4 Å². The molecule has 0 saturated carbocycles. The normalized spacial score (nSPS) is 9.69. The maximum atomic E-state index is 12.1. The van der Waals surface area contributed by atoms with Gasteiger partial charge < -0.3 is 22.1 Å². The van der Waals surface area contributed by atoms with Crippen LogP contribution in [0.1, 0.15) is 11.1 Å². The number of nitrogens with zero attached hydrogens (tertiary/aromatic N) is 2. The summed E-state index contributed by atoms with van der Waals surface area (Å²) in [7, 11) is 0. The minimum atomic E-state index is -0.341. The maximum absolute atomic E-state index is 12.1. The van der Waals surface area contributed by atoms with Crippen LogP contribution in [0.25, 0.3) is 0 Å². The van der Waals surface area contributed by atoms with Crippen molar-refractivity contribution in [3.8, 4) is 11.8 Å². The predicted octanol–water partition coefficient (Wildman–Crippen LogP) is 2.68. The molecule has 7 nitrogen and oxygen atoms in total. The summed E-state index contributed by atoms with van der Waals surface area (Å²) in [6.07, 6.45) is 1.28. The Morgan fingerprint density at radius 3 is 2.23 bits per heavy atom. The number of rotatable bonds is 2. The Morgan fingerprint density at radius 2 is 1.50 bits per heavy atom. The Bertz CT molecular complexity index is 971. The van der Waals surface area contributed by atoms with Gasteiger partial charge in [-0.3, -0.25) is 0 Å². The highest BCUT2D eigenvalue weighted by Crippen LogP contribution is 2.14. The second kappa shape index (κ2) is 7.68. The molecule has 6 N–H and O–H groups in total. The zero-order valence-corrected chi connectivity index (χ0v) is 13.7. The summed E-state index contributed by atoms with van der Waals surface area (Å²) in [6, 6.07) is 15.9. The van der Waals surface area contributed by atoms with Crippen molar-refractivity contribution in [2.45, 2.75) is 0 Å². The van der Waals surface area contributed by atoms with Crippen LogP contribution in [0.5, 0.6) is 0 Å². The third-order valence-corrected chi connectivity index (χ3v) is 3.39. The van der Waals surface area contributed by atoms with Gasteiger partial charge in [-0.1, -0.05) is 36.1 Å². The summed E-state index contributed by atoms with van der Waals surface area (Å²) in [5, 5.41) is 5.51. The maximum Gasteiger partial charge on any atom is 0.323 e. The van der Waals surface area contributed by atoms with E-state index in [9.17, 15) is 4.79 Å². The van der Waals surface area contributed by atoms with E-state index in [-0.39, 0.29) is 17.7 Å². The highest BCUT2D eigenvalue weighted by Gasteiger charge is 2.04. The molecule has 0 spiro atoms. The van der Waals surface area contributed by atoms with E-state index in [1.165, 1.54) is 6.33 Å². The number of carbonyl (C=O) groups excluding carboxylic acids is 1. The molecule has 3 aromatic rings. The van der Waals surface area contributed by atoms with Gasteiger partial charge in [0.25, 0.3) is 0 Å². The molecule has 1 heterocycles. The second-order valence-electron chi connectivity index (χ2n) is 5.30. The van der Waals surface area contributed by atoms with Crippen molar-refractivity contribution in [3.05, 3.63) is 72.1 Å². The molecule has 0 aliphatic carbocycles. The third-order valence-electron chi connectivity index (χ3n) is 3.39. The number of anilines is 4. The number of hydrogen-bond donors (Lipinski definition) is 4. The van der Waals surface area contributed by atoms with Crippen molar-refractivity contribution in [3.63, 3.8) is 0 Å². The van der Waals surface area contributed by atoms with Gasteiger partial charge in [0.05, 0.1) is 0 Å². The van der Waals surface area contributed by atoms with Crippen molar-refractivity contribution >= 4 is 29.0 Å². The Morgan fingerprint density at radius 1 is 0.846 bits per heavy atom. The summed E-state index contributed by atoms with van der Waals surface area (Å²) in [5.74, 6) is 6.26. The minimum absolute atomic E-state index is 0.224. The minimum Gasteiger partial charge on any atom is -0.382 e. The van der Waals surface area contributed by atoms with Crippen molar-refractivity contribution in [2.75, 3.05) is 22.1 Å². The molecule has 2 aromatic carbocycles. The number of nitrogen functional groups attached to an aromatic ring is 2. The van der Waals surface area contributed by atoms with Gasteiger partial charge in [0.2, 0.25) is 0 Å². The zero-order chi connectivity index (χ0) is 18.4. The number of nitrogens with two attached hydrogens (primary N) is 2. The van der Waals surface area contributed by atoms with Crippen LogP contribution < -0.4 is 22.1 Å². The number of carbonyl (C=O) groups is 1. The highest BCUT2D eigenvalue weighted by atomic mass is 16.2. The first kappa shape index (κ1) is 16.8. The number of nitrogens with one attached hydrogen (secondary N) is 2. The summed E-state index contributed by atoms with van der Waals surface area (Å²) < 4.78 is 0. The fourth-order valence-electron chi connectivity index (χ4n) is 2.17.